The van der Waals surface area contributed by atoms with Crippen LogP contribution in [0.15, 0.2) is 36.8 Å². The zero-order chi connectivity index (χ0) is 19.0. The molecular weight excluding hydrogens is 340 g/mol. The second-order valence-electron chi connectivity index (χ2n) is 7.55. The van der Waals surface area contributed by atoms with Crippen molar-refractivity contribution >= 4 is 28.5 Å². The van der Waals surface area contributed by atoms with Crippen LogP contribution in [0.1, 0.15) is 48.5 Å². The van der Waals surface area contributed by atoms with Gasteiger partial charge in [0, 0.05) is 24.3 Å². The van der Waals surface area contributed by atoms with Crippen molar-refractivity contribution < 1.29 is 9.53 Å². The molecule has 3 aromatic rings. The second kappa shape index (κ2) is 7.02. The number of hydrogen-bond acceptors (Lipinski definition) is 5. The van der Waals surface area contributed by atoms with Crippen LogP contribution in [0.3, 0.4) is 0 Å². The molecule has 1 N–H and O–H groups in total. The number of aromatic nitrogens is 3. The number of rotatable bonds is 6. The summed E-state index contributed by atoms with van der Waals surface area (Å²) in [6.07, 6.45) is 7.99. The first-order chi connectivity index (χ1) is 13.0. The number of pyridine rings is 2. The van der Waals surface area contributed by atoms with Gasteiger partial charge in [-0.3, -0.25) is 0 Å². The van der Waals surface area contributed by atoms with E-state index in [-0.39, 0.29) is 5.97 Å². The van der Waals surface area contributed by atoms with E-state index >= 15 is 0 Å². The Hall–Kier alpha value is -2.89. The van der Waals surface area contributed by atoms with Crippen LogP contribution >= 0.6 is 0 Å². The maximum Gasteiger partial charge on any atom is 0.341 e. The van der Waals surface area contributed by atoms with Gasteiger partial charge in [0.05, 0.1) is 19.0 Å². The molecule has 1 aliphatic carbocycles. The van der Waals surface area contributed by atoms with E-state index in [1.807, 2.05) is 18.3 Å². The molecule has 0 spiro atoms. The molecule has 0 aliphatic heterocycles. The van der Waals surface area contributed by atoms with E-state index < -0.39 is 0 Å². The fourth-order valence-electron chi connectivity index (χ4n) is 3.31. The fourth-order valence-corrected chi connectivity index (χ4v) is 3.31. The molecule has 0 saturated heterocycles. The van der Waals surface area contributed by atoms with E-state index in [9.17, 15) is 4.79 Å². The van der Waals surface area contributed by atoms with Crippen molar-refractivity contribution in [2.45, 2.75) is 39.2 Å². The van der Waals surface area contributed by atoms with Gasteiger partial charge in [-0.25, -0.2) is 14.8 Å². The van der Waals surface area contributed by atoms with Crippen molar-refractivity contribution in [2.24, 2.45) is 5.92 Å². The quantitative estimate of drug-likeness (QED) is 0.653. The van der Waals surface area contributed by atoms with Crippen LogP contribution in [-0.2, 0) is 11.3 Å². The van der Waals surface area contributed by atoms with Crippen molar-refractivity contribution in [1.82, 2.24) is 14.5 Å². The molecule has 0 bridgehead atoms. The first kappa shape index (κ1) is 17.5. The van der Waals surface area contributed by atoms with Crippen LogP contribution in [0.25, 0.3) is 11.0 Å². The number of ether oxygens (including phenoxy) is 1. The van der Waals surface area contributed by atoms with E-state index in [2.05, 4.69) is 46.0 Å². The number of methoxy groups -OCH3 is 1. The van der Waals surface area contributed by atoms with Crippen molar-refractivity contribution in [3.63, 3.8) is 0 Å². The smallest absolute Gasteiger partial charge is 0.341 e. The molecular formula is C21H24N4O2. The van der Waals surface area contributed by atoms with Crippen LogP contribution in [0.5, 0.6) is 0 Å². The zero-order valence-corrected chi connectivity index (χ0v) is 15.9. The van der Waals surface area contributed by atoms with E-state index in [0.29, 0.717) is 23.2 Å². The number of anilines is 2. The predicted molar refractivity (Wildman–Crippen MR) is 105 cm³/mol. The summed E-state index contributed by atoms with van der Waals surface area (Å²) in [5.74, 6) is 1.18. The Morgan fingerprint density at radius 2 is 2.11 bits per heavy atom. The molecule has 3 aromatic heterocycles. The third kappa shape index (κ3) is 3.65. The molecule has 1 saturated carbocycles. The highest BCUT2D eigenvalue weighted by atomic mass is 16.5. The molecule has 3 heterocycles. The normalized spacial score (nSPS) is 13.9. The summed E-state index contributed by atoms with van der Waals surface area (Å²) < 4.78 is 7.10. The average Bonchev–Trinajstić information content (AvgIpc) is 3.44. The molecule has 4 rings (SSSR count). The Bertz CT molecular complexity index is 989. The molecule has 0 amide bonds. The minimum absolute atomic E-state index is 0.385. The van der Waals surface area contributed by atoms with Gasteiger partial charge in [-0.05, 0) is 48.4 Å². The first-order valence-electron chi connectivity index (χ1n) is 9.35. The Morgan fingerprint density at radius 1 is 1.30 bits per heavy atom. The van der Waals surface area contributed by atoms with E-state index in [4.69, 9.17) is 4.74 Å². The average molecular weight is 364 g/mol. The number of carbonyl (C=O) groups excluding carboxylic acids is 1. The standard InChI is InChI=1S/C21H24N4O2/c1-13(2)12-25-7-6-15-8-17(11-23-20(15)25)24-19-18(21(26)27-3)9-16(10-22-19)14-4-5-14/h6-11,13-14H,4-5,12H2,1-3H3,(H,22,24). The molecule has 6 heteroatoms. The van der Waals surface area contributed by atoms with Gasteiger partial charge >= 0.3 is 5.97 Å². The highest BCUT2D eigenvalue weighted by Crippen LogP contribution is 2.40. The third-order valence-electron chi connectivity index (χ3n) is 4.79. The van der Waals surface area contributed by atoms with Gasteiger partial charge in [-0.15, -0.1) is 0 Å². The Labute approximate surface area is 158 Å². The monoisotopic (exact) mass is 364 g/mol. The van der Waals surface area contributed by atoms with Crippen LogP contribution in [0.4, 0.5) is 11.5 Å². The minimum Gasteiger partial charge on any atom is -0.465 e. The summed E-state index contributed by atoms with van der Waals surface area (Å²) in [4.78, 5) is 21.3. The van der Waals surface area contributed by atoms with Crippen LogP contribution in [0, 0.1) is 5.92 Å². The maximum absolute atomic E-state index is 12.2. The van der Waals surface area contributed by atoms with Crippen LogP contribution in [-0.4, -0.2) is 27.6 Å². The SMILES string of the molecule is COC(=O)c1cc(C2CC2)cnc1Nc1cnc2c(ccn2CC(C)C)c1. The summed E-state index contributed by atoms with van der Waals surface area (Å²) in [6, 6.07) is 5.97. The van der Waals surface area contributed by atoms with Crippen molar-refractivity contribution in [1.29, 1.82) is 0 Å². The van der Waals surface area contributed by atoms with Crippen molar-refractivity contribution in [3.8, 4) is 0 Å². The molecule has 0 radical (unpaired) electrons. The molecule has 6 nitrogen and oxygen atoms in total. The summed E-state index contributed by atoms with van der Waals surface area (Å²) in [5, 5.41) is 4.28. The molecule has 1 aliphatic rings. The third-order valence-corrected chi connectivity index (χ3v) is 4.79. The van der Waals surface area contributed by atoms with Gasteiger partial charge in [0.15, 0.2) is 0 Å². The molecule has 0 aromatic carbocycles. The lowest BCUT2D eigenvalue weighted by Crippen LogP contribution is -2.08. The second-order valence-corrected chi connectivity index (χ2v) is 7.55. The van der Waals surface area contributed by atoms with Crippen molar-refractivity contribution in [2.75, 3.05) is 12.4 Å². The highest BCUT2D eigenvalue weighted by molar-refractivity contribution is 5.96. The minimum atomic E-state index is -0.385. The molecule has 0 atom stereocenters. The lowest BCUT2D eigenvalue weighted by molar-refractivity contribution is 0.0601. The van der Waals surface area contributed by atoms with Crippen molar-refractivity contribution in [3.05, 3.63) is 47.9 Å². The van der Waals surface area contributed by atoms with Gasteiger partial charge in [-0.2, -0.15) is 0 Å². The fraction of sp³-hybridized carbons (Fsp3) is 0.381. The Kier molecular flexibility index (Phi) is 4.56. The maximum atomic E-state index is 12.2. The summed E-state index contributed by atoms with van der Waals surface area (Å²) in [6.45, 7) is 5.31. The van der Waals surface area contributed by atoms with Gasteiger partial charge in [-0.1, -0.05) is 13.8 Å². The molecule has 1 fully saturated rings. The topological polar surface area (TPSA) is 69.0 Å². The number of nitrogens with one attached hydrogen (secondary N) is 1. The largest absolute Gasteiger partial charge is 0.465 e. The van der Waals surface area contributed by atoms with E-state index in [0.717, 1.165) is 41.7 Å². The van der Waals surface area contributed by atoms with Gasteiger partial charge < -0.3 is 14.6 Å². The lowest BCUT2D eigenvalue weighted by atomic mass is 10.1. The lowest BCUT2D eigenvalue weighted by Gasteiger charge is -2.12. The number of fused-ring (bicyclic) bond motifs is 1. The van der Waals surface area contributed by atoms with Gasteiger partial charge in [0.25, 0.3) is 0 Å². The first-order valence-corrected chi connectivity index (χ1v) is 9.35. The molecule has 140 valence electrons. The number of esters is 1. The molecule has 0 unspecified atom stereocenters. The zero-order valence-electron chi connectivity index (χ0n) is 15.9. The van der Waals surface area contributed by atoms with Crippen LogP contribution < -0.4 is 5.32 Å². The summed E-state index contributed by atoms with van der Waals surface area (Å²) >= 11 is 0. The van der Waals surface area contributed by atoms with E-state index in [1.54, 1.807) is 6.20 Å². The number of hydrogen-bond donors (Lipinski definition) is 1. The molecule has 27 heavy (non-hydrogen) atoms. The highest BCUT2D eigenvalue weighted by Gasteiger charge is 2.26. The van der Waals surface area contributed by atoms with Gasteiger partial charge in [0.2, 0.25) is 0 Å². The van der Waals surface area contributed by atoms with Crippen LogP contribution in [0.2, 0.25) is 0 Å². The predicted octanol–water partition coefficient (Wildman–Crippen LogP) is 4.49. The van der Waals surface area contributed by atoms with E-state index in [1.165, 1.54) is 7.11 Å². The number of carbonyl (C=O) groups is 1. The summed E-state index contributed by atoms with van der Waals surface area (Å²) in [7, 11) is 1.39. The summed E-state index contributed by atoms with van der Waals surface area (Å²) in [5.41, 5.74) is 3.31. The Balaban J connectivity index is 1.64. The number of nitrogens with zero attached hydrogens (tertiary/aromatic N) is 3. The van der Waals surface area contributed by atoms with Gasteiger partial charge in [0.1, 0.15) is 17.0 Å². The Morgan fingerprint density at radius 3 is 2.81 bits per heavy atom.